The van der Waals surface area contributed by atoms with Gasteiger partial charge in [0, 0.05) is 18.0 Å². The molecule has 4 fully saturated rings. The van der Waals surface area contributed by atoms with E-state index in [0.29, 0.717) is 36.1 Å². The molecular formula is C27H47N7O. The van der Waals surface area contributed by atoms with Crippen molar-refractivity contribution in [2.24, 2.45) is 45.3 Å². The molecule has 6 atom stereocenters. The molecule has 0 radical (unpaired) electrons. The standard InChI is InChI=1S/C25H41N7O.C2H6/c1-17(29-16-23(33)32-12-6-9-20(32)15-26)14-25(24(27)30-31-28)21-10-4-2-7-18(21)13-19-8-3-5-11-22(19)25;1-2/h17-22,29H,2-14,16H2,1H3,(H3,27,28,30);1-2H3. The molecule has 196 valence electrons. The fraction of sp³-hybridized carbons (Fsp3) is 0.889. The van der Waals surface area contributed by atoms with Gasteiger partial charge >= 0.3 is 0 Å². The number of nitrogens with zero attached hydrogens (tertiary/aromatic N) is 4. The predicted octanol–water partition coefficient (Wildman–Crippen LogP) is 5.20. The molecule has 4 aliphatic rings. The van der Waals surface area contributed by atoms with E-state index in [1.807, 2.05) is 13.8 Å². The summed E-state index contributed by atoms with van der Waals surface area (Å²) in [6.07, 6.45) is 13.6. The van der Waals surface area contributed by atoms with Crippen LogP contribution in [0.1, 0.15) is 97.8 Å². The van der Waals surface area contributed by atoms with Crippen molar-refractivity contribution in [1.82, 2.24) is 10.2 Å². The summed E-state index contributed by atoms with van der Waals surface area (Å²) in [5.41, 5.74) is -0.324. The summed E-state index contributed by atoms with van der Waals surface area (Å²) in [5, 5.41) is 29.6. The van der Waals surface area contributed by atoms with Crippen molar-refractivity contribution in [3.05, 3.63) is 0 Å². The van der Waals surface area contributed by atoms with Gasteiger partial charge in [-0.3, -0.25) is 10.2 Å². The van der Waals surface area contributed by atoms with Crippen LogP contribution >= 0.6 is 0 Å². The van der Waals surface area contributed by atoms with Gasteiger partial charge in [0.2, 0.25) is 5.91 Å². The number of amides is 1. The Kier molecular flexibility index (Phi) is 10.1. The number of nitrogens with one attached hydrogen (secondary N) is 2. The summed E-state index contributed by atoms with van der Waals surface area (Å²) < 4.78 is 0. The average Bonchev–Trinajstić information content (AvgIpc) is 3.37. The second-order valence-corrected chi connectivity index (χ2v) is 11.0. The molecule has 1 saturated heterocycles. The molecule has 0 aromatic carbocycles. The molecule has 1 aliphatic heterocycles. The van der Waals surface area contributed by atoms with Crippen molar-refractivity contribution < 1.29 is 4.79 Å². The summed E-state index contributed by atoms with van der Waals surface area (Å²) in [6.45, 7) is 7.05. The van der Waals surface area contributed by atoms with Gasteiger partial charge in [-0.05, 0) is 69.1 Å². The Hall–Kier alpha value is -2.01. The van der Waals surface area contributed by atoms with Crippen LogP contribution in [0.2, 0.25) is 0 Å². The average molecular weight is 486 g/mol. The van der Waals surface area contributed by atoms with Crippen LogP contribution in [0.25, 0.3) is 0 Å². The number of hydrogen-bond donors (Lipinski definition) is 3. The Bertz CT molecular complexity index is 769. The number of hydrogen-bond acceptors (Lipinski definition) is 5. The molecule has 0 bridgehead atoms. The van der Waals surface area contributed by atoms with E-state index >= 15 is 0 Å². The largest absolute Gasteiger partial charge is 0.326 e. The van der Waals surface area contributed by atoms with Crippen molar-refractivity contribution in [3.63, 3.8) is 0 Å². The van der Waals surface area contributed by atoms with Gasteiger partial charge in [0.15, 0.2) is 5.84 Å². The molecule has 0 aromatic heterocycles. The van der Waals surface area contributed by atoms with Crippen molar-refractivity contribution in [3.8, 4) is 6.07 Å². The number of amidine groups is 1. The van der Waals surface area contributed by atoms with Gasteiger partial charge in [0.05, 0.1) is 12.6 Å². The third-order valence-corrected chi connectivity index (χ3v) is 9.31. The van der Waals surface area contributed by atoms with E-state index in [4.69, 9.17) is 11.3 Å². The molecule has 0 spiro atoms. The maximum atomic E-state index is 12.8. The Labute approximate surface area is 212 Å². The smallest absolute Gasteiger partial charge is 0.237 e. The lowest BCUT2D eigenvalue weighted by Crippen LogP contribution is -2.57. The Morgan fingerprint density at radius 1 is 1.11 bits per heavy atom. The van der Waals surface area contributed by atoms with E-state index in [1.165, 1.54) is 44.9 Å². The minimum absolute atomic E-state index is 0.00593. The third kappa shape index (κ3) is 5.71. The highest BCUT2D eigenvalue weighted by atomic mass is 16.2. The Balaban J connectivity index is 0.00000167. The number of nitrogens with two attached hydrogens (primary N) is 1. The molecule has 1 amide bonds. The molecule has 8 heteroatoms. The van der Waals surface area contributed by atoms with Gasteiger partial charge in [-0.1, -0.05) is 57.6 Å². The lowest BCUT2D eigenvalue weighted by molar-refractivity contribution is -0.130. The first-order chi connectivity index (χ1) is 17.0. The first-order valence-electron chi connectivity index (χ1n) is 14.1. The third-order valence-electron chi connectivity index (χ3n) is 9.31. The number of fused-ring (bicyclic) bond motifs is 2. The number of carbonyl (C=O) groups excluding carboxylic acids is 1. The molecule has 3 saturated carbocycles. The molecule has 8 nitrogen and oxygen atoms in total. The summed E-state index contributed by atoms with van der Waals surface area (Å²) in [6, 6.07) is 2.04. The van der Waals surface area contributed by atoms with Gasteiger partial charge in [-0.25, -0.2) is 0 Å². The Morgan fingerprint density at radius 3 is 2.29 bits per heavy atom. The van der Waals surface area contributed by atoms with E-state index in [9.17, 15) is 10.1 Å². The van der Waals surface area contributed by atoms with Gasteiger partial charge in [0.1, 0.15) is 6.04 Å². The number of rotatable bonds is 6. The van der Waals surface area contributed by atoms with Crippen LogP contribution < -0.4 is 11.2 Å². The molecule has 4 N–H and O–H groups in total. The first-order valence-corrected chi connectivity index (χ1v) is 14.1. The quantitative estimate of drug-likeness (QED) is 0.157. The van der Waals surface area contributed by atoms with Crippen LogP contribution in [0.5, 0.6) is 0 Å². The second kappa shape index (κ2) is 12.8. The molecule has 3 aliphatic carbocycles. The van der Waals surface area contributed by atoms with Crippen LogP contribution in [0.3, 0.4) is 0 Å². The molecule has 0 aromatic rings. The van der Waals surface area contributed by atoms with Crippen LogP contribution in [0.4, 0.5) is 0 Å². The maximum Gasteiger partial charge on any atom is 0.237 e. The van der Waals surface area contributed by atoms with Crippen molar-refractivity contribution in [2.75, 3.05) is 13.1 Å². The van der Waals surface area contributed by atoms with Gasteiger partial charge < -0.3 is 16.1 Å². The summed E-state index contributed by atoms with van der Waals surface area (Å²) in [7, 11) is 0. The fourth-order valence-corrected chi connectivity index (χ4v) is 8.04. The zero-order valence-corrected chi connectivity index (χ0v) is 22.1. The minimum atomic E-state index is -0.324. The lowest BCUT2D eigenvalue weighted by Gasteiger charge is -2.59. The second-order valence-electron chi connectivity index (χ2n) is 11.0. The summed E-state index contributed by atoms with van der Waals surface area (Å²) in [5.74, 6) is 8.06. The zero-order chi connectivity index (χ0) is 25.4. The highest BCUT2D eigenvalue weighted by Crippen LogP contribution is 2.61. The SMILES string of the molecule is CC.CC(CC1(C(=N)N=NN)C2CCCCC2CC2CCCCC21)NCC(=O)N1CCCC1C#N. The topological polar surface area (TPSA) is 131 Å². The van der Waals surface area contributed by atoms with Crippen LogP contribution in [-0.2, 0) is 4.79 Å². The fourth-order valence-electron chi connectivity index (χ4n) is 8.04. The normalized spacial score (nSPS) is 35.3. The maximum absolute atomic E-state index is 12.8. The zero-order valence-electron chi connectivity index (χ0n) is 22.1. The lowest BCUT2D eigenvalue weighted by atomic mass is 9.46. The molecule has 35 heavy (non-hydrogen) atoms. The van der Waals surface area contributed by atoms with Crippen LogP contribution in [0, 0.1) is 45.8 Å². The number of carbonyl (C=O) groups is 1. The molecule has 1 heterocycles. The molecular weight excluding hydrogens is 438 g/mol. The monoisotopic (exact) mass is 485 g/mol. The van der Waals surface area contributed by atoms with Crippen LogP contribution in [-0.4, -0.2) is 41.8 Å². The van der Waals surface area contributed by atoms with Crippen molar-refractivity contribution in [2.45, 2.75) is 110 Å². The van der Waals surface area contributed by atoms with E-state index in [-0.39, 0.29) is 30.0 Å². The van der Waals surface area contributed by atoms with Gasteiger partial charge in [0.25, 0.3) is 0 Å². The summed E-state index contributed by atoms with van der Waals surface area (Å²) in [4.78, 5) is 14.5. The number of nitriles is 1. The van der Waals surface area contributed by atoms with E-state index < -0.39 is 0 Å². The molecule has 4 rings (SSSR count). The minimum Gasteiger partial charge on any atom is -0.326 e. The van der Waals surface area contributed by atoms with E-state index in [0.717, 1.165) is 32.1 Å². The van der Waals surface area contributed by atoms with Crippen LogP contribution in [0.15, 0.2) is 10.3 Å². The number of likely N-dealkylation sites (tertiary alicyclic amines) is 1. The predicted molar refractivity (Wildman–Crippen MR) is 138 cm³/mol. The van der Waals surface area contributed by atoms with E-state index in [1.54, 1.807) is 4.90 Å². The van der Waals surface area contributed by atoms with Gasteiger partial charge in [-0.2, -0.15) is 5.26 Å². The van der Waals surface area contributed by atoms with Crippen molar-refractivity contribution in [1.29, 1.82) is 10.7 Å². The van der Waals surface area contributed by atoms with E-state index in [2.05, 4.69) is 28.6 Å². The first kappa shape index (κ1) is 27.6. The Morgan fingerprint density at radius 2 is 1.71 bits per heavy atom. The molecule has 6 unspecified atom stereocenters. The van der Waals surface area contributed by atoms with Gasteiger partial charge in [-0.15, -0.1) is 5.11 Å². The highest BCUT2D eigenvalue weighted by Gasteiger charge is 2.58. The summed E-state index contributed by atoms with van der Waals surface area (Å²) >= 11 is 0. The highest BCUT2D eigenvalue weighted by molar-refractivity contribution is 5.87. The van der Waals surface area contributed by atoms with Crippen molar-refractivity contribution >= 4 is 11.7 Å².